The summed E-state index contributed by atoms with van der Waals surface area (Å²) in [5.74, 6) is -0.399. The molecule has 0 bridgehead atoms. The molecule has 2 amide bonds. The van der Waals surface area contributed by atoms with E-state index in [1.807, 2.05) is 13.8 Å². The van der Waals surface area contributed by atoms with E-state index in [1.54, 1.807) is 49.4 Å². The summed E-state index contributed by atoms with van der Waals surface area (Å²) in [4.78, 5) is 27.5. The number of sulfonamides is 1. The van der Waals surface area contributed by atoms with Gasteiger partial charge in [-0.15, -0.1) is 0 Å². The predicted octanol–water partition coefficient (Wildman–Crippen LogP) is 3.71. The van der Waals surface area contributed by atoms with Crippen LogP contribution in [0.1, 0.15) is 26.3 Å². The largest absolute Gasteiger partial charge is 0.497 e. The summed E-state index contributed by atoms with van der Waals surface area (Å²) in [5.41, 5.74) is 0.861. The van der Waals surface area contributed by atoms with E-state index in [4.69, 9.17) is 27.9 Å². The maximum absolute atomic E-state index is 13.5. The van der Waals surface area contributed by atoms with E-state index in [2.05, 4.69) is 5.32 Å². The molecule has 0 aliphatic rings. The molecule has 0 aromatic heterocycles. The topological polar surface area (TPSA) is 96.0 Å². The fraction of sp³-hybridized carbons (Fsp3) is 0.391. The third kappa shape index (κ3) is 7.51. The number of nitrogens with zero attached hydrogens (tertiary/aromatic N) is 2. The number of anilines is 1. The van der Waals surface area contributed by atoms with Gasteiger partial charge in [0.05, 0.1) is 19.1 Å². The summed E-state index contributed by atoms with van der Waals surface area (Å²) >= 11 is 12.3. The van der Waals surface area contributed by atoms with Crippen LogP contribution in [0, 0.1) is 0 Å². The number of carbonyl (C=O) groups excluding carboxylic acids is 2. The normalized spacial score (nSPS) is 12.2. The molecular formula is C23H29Cl2N3O5S. The molecule has 0 radical (unpaired) electrons. The first-order valence-corrected chi connectivity index (χ1v) is 13.1. The second-order valence-corrected chi connectivity index (χ2v) is 10.8. The van der Waals surface area contributed by atoms with Crippen molar-refractivity contribution in [1.82, 2.24) is 10.2 Å². The molecule has 0 fully saturated rings. The Balaban J connectivity index is 2.41. The van der Waals surface area contributed by atoms with Gasteiger partial charge in [0, 0.05) is 22.6 Å². The summed E-state index contributed by atoms with van der Waals surface area (Å²) in [6, 6.07) is 10.1. The van der Waals surface area contributed by atoms with Gasteiger partial charge in [-0.1, -0.05) is 29.3 Å². The molecule has 2 aromatic carbocycles. The number of benzene rings is 2. The van der Waals surface area contributed by atoms with Crippen LogP contribution in [0.3, 0.4) is 0 Å². The van der Waals surface area contributed by atoms with Crippen molar-refractivity contribution in [3.05, 3.63) is 58.1 Å². The summed E-state index contributed by atoms with van der Waals surface area (Å²) in [5, 5.41) is 3.54. The first-order valence-electron chi connectivity index (χ1n) is 10.5. The SMILES string of the molecule is COc1ccc(N(CC(=O)N(Cc2ccc(Cl)cc2Cl)C(C)C(=O)NC(C)C)S(C)(=O)=O)cc1. The predicted molar refractivity (Wildman–Crippen MR) is 135 cm³/mol. The monoisotopic (exact) mass is 529 g/mol. The molecule has 1 unspecified atom stereocenters. The van der Waals surface area contributed by atoms with Crippen LogP contribution in [-0.2, 0) is 26.2 Å². The van der Waals surface area contributed by atoms with E-state index in [1.165, 1.54) is 12.0 Å². The Morgan fingerprint density at radius 1 is 1.06 bits per heavy atom. The standard InChI is InChI=1S/C23H29Cl2N3O5S/c1-15(2)26-23(30)16(3)27(13-17-6-7-18(24)12-21(17)25)22(29)14-28(34(5,31)32)19-8-10-20(33-4)11-9-19/h6-12,15-16H,13-14H2,1-5H3,(H,26,30). The molecule has 186 valence electrons. The van der Waals surface area contributed by atoms with E-state index in [0.29, 0.717) is 27.0 Å². The molecule has 11 heteroatoms. The van der Waals surface area contributed by atoms with Crippen molar-refractivity contribution in [3.63, 3.8) is 0 Å². The number of rotatable bonds is 10. The van der Waals surface area contributed by atoms with Gasteiger partial charge in [0.2, 0.25) is 21.8 Å². The van der Waals surface area contributed by atoms with Gasteiger partial charge in [-0.2, -0.15) is 0 Å². The molecule has 1 atom stereocenters. The van der Waals surface area contributed by atoms with Crippen LogP contribution in [0.4, 0.5) is 5.69 Å². The van der Waals surface area contributed by atoms with Gasteiger partial charge in [0.1, 0.15) is 18.3 Å². The van der Waals surface area contributed by atoms with Crippen molar-refractivity contribution in [1.29, 1.82) is 0 Å². The van der Waals surface area contributed by atoms with Gasteiger partial charge in [0.15, 0.2) is 0 Å². The average Bonchev–Trinajstić information content (AvgIpc) is 2.75. The van der Waals surface area contributed by atoms with Crippen LogP contribution >= 0.6 is 23.2 Å². The second-order valence-electron chi connectivity index (χ2n) is 8.06. The van der Waals surface area contributed by atoms with Crippen LogP contribution in [-0.4, -0.2) is 57.1 Å². The number of hydrogen-bond donors (Lipinski definition) is 1. The maximum atomic E-state index is 13.5. The van der Waals surface area contributed by atoms with Crippen molar-refractivity contribution in [3.8, 4) is 5.75 Å². The minimum atomic E-state index is -3.82. The molecule has 0 spiro atoms. The van der Waals surface area contributed by atoms with Crippen LogP contribution < -0.4 is 14.4 Å². The van der Waals surface area contributed by atoms with Gasteiger partial charge in [-0.3, -0.25) is 13.9 Å². The minimum absolute atomic E-state index is 0.0122. The average molecular weight is 530 g/mol. The molecule has 0 saturated heterocycles. The van der Waals surface area contributed by atoms with Crippen molar-refractivity contribution >= 4 is 50.7 Å². The molecule has 34 heavy (non-hydrogen) atoms. The molecule has 0 heterocycles. The fourth-order valence-electron chi connectivity index (χ4n) is 3.18. The number of hydrogen-bond acceptors (Lipinski definition) is 5. The quantitative estimate of drug-likeness (QED) is 0.506. The Bertz CT molecular complexity index is 1120. The molecule has 1 N–H and O–H groups in total. The third-order valence-electron chi connectivity index (χ3n) is 4.99. The number of carbonyl (C=O) groups is 2. The van der Waals surface area contributed by atoms with E-state index in [9.17, 15) is 18.0 Å². The Labute approximate surface area is 210 Å². The smallest absolute Gasteiger partial charge is 0.244 e. The fourth-order valence-corrected chi connectivity index (χ4v) is 4.50. The summed E-state index contributed by atoms with van der Waals surface area (Å²) in [6.45, 7) is 4.68. The summed E-state index contributed by atoms with van der Waals surface area (Å²) in [6.07, 6.45) is 1.01. The first-order chi connectivity index (χ1) is 15.8. The Morgan fingerprint density at radius 2 is 1.68 bits per heavy atom. The highest BCUT2D eigenvalue weighted by atomic mass is 35.5. The maximum Gasteiger partial charge on any atom is 0.244 e. The van der Waals surface area contributed by atoms with E-state index >= 15 is 0 Å². The Morgan fingerprint density at radius 3 is 2.18 bits per heavy atom. The number of amides is 2. The van der Waals surface area contributed by atoms with Crippen molar-refractivity contribution in [2.45, 2.75) is 39.4 Å². The lowest BCUT2D eigenvalue weighted by Gasteiger charge is -2.32. The van der Waals surface area contributed by atoms with Crippen molar-refractivity contribution in [2.24, 2.45) is 0 Å². The number of methoxy groups -OCH3 is 1. The first kappa shape index (κ1) is 27.8. The zero-order valence-corrected chi connectivity index (χ0v) is 22.0. The zero-order chi connectivity index (χ0) is 25.6. The van der Waals surface area contributed by atoms with Gasteiger partial charge >= 0.3 is 0 Å². The molecular weight excluding hydrogens is 501 g/mol. The lowest BCUT2D eigenvalue weighted by Crippen LogP contribution is -2.52. The van der Waals surface area contributed by atoms with E-state index in [0.717, 1.165) is 10.6 Å². The lowest BCUT2D eigenvalue weighted by atomic mass is 10.1. The van der Waals surface area contributed by atoms with Crippen molar-refractivity contribution < 1.29 is 22.7 Å². The molecule has 0 saturated carbocycles. The Hall–Kier alpha value is -2.49. The van der Waals surface area contributed by atoms with Crippen LogP contribution in [0.15, 0.2) is 42.5 Å². The summed E-state index contributed by atoms with van der Waals surface area (Å²) < 4.78 is 31.2. The van der Waals surface area contributed by atoms with Gasteiger partial charge in [-0.05, 0) is 62.7 Å². The third-order valence-corrected chi connectivity index (χ3v) is 6.72. The van der Waals surface area contributed by atoms with Crippen LogP contribution in [0.25, 0.3) is 0 Å². The molecule has 0 aliphatic heterocycles. The Kier molecular flexibility index (Phi) is 9.61. The highest BCUT2D eigenvalue weighted by Crippen LogP contribution is 2.25. The van der Waals surface area contributed by atoms with Gasteiger partial charge in [-0.25, -0.2) is 8.42 Å². The highest BCUT2D eigenvalue weighted by molar-refractivity contribution is 7.92. The number of nitrogens with one attached hydrogen (secondary N) is 1. The highest BCUT2D eigenvalue weighted by Gasteiger charge is 2.30. The van der Waals surface area contributed by atoms with E-state index in [-0.39, 0.29) is 18.5 Å². The lowest BCUT2D eigenvalue weighted by molar-refractivity contribution is -0.139. The van der Waals surface area contributed by atoms with Gasteiger partial charge in [0.25, 0.3) is 0 Å². The molecule has 0 aliphatic carbocycles. The van der Waals surface area contributed by atoms with Crippen LogP contribution in [0.2, 0.25) is 10.0 Å². The van der Waals surface area contributed by atoms with Crippen molar-refractivity contribution in [2.75, 3.05) is 24.2 Å². The minimum Gasteiger partial charge on any atom is -0.497 e. The molecule has 2 aromatic rings. The van der Waals surface area contributed by atoms with Gasteiger partial charge < -0.3 is 15.0 Å². The number of ether oxygens (including phenoxy) is 1. The van der Waals surface area contributed by atoms with E-state index < -0.39 is 28.5 Å². The second kappa shape index (κ2) is 11.8. The molecule has 8 nitrogen and oxygen atoms in total. The molecule has 2 rings (SSSR count). The van der Waals surface area contributed by atoms with Crippen LogP contribution in [0.5, 0.6) is 5.75 Å². The zero-order valence-electron chi connectivity index (χ0n) is 19.7. The summed E-state index contributed by atoms with van der Waals surface area (Å²) in [7, 11) is -2.32. The number of halogens is 2.